The van der Waals surface area contributed by atoms with Gasteiger partial charge in [0, 0.05) is 10.9 Å². The van der Waals surface area contributed by atoms with Crippen LogP contribution in [0.25, 0.3) is 16.3 Å². The molecular weight excluding hydrogens is 304 g/mol. The van der Waals surface area contributed by atoms with Crippen LogP contribution in [0.5, 0.6) is 0 Å². The summed E-state index contributed by atoms with van der Waals surface area (Å²) in [5, 5.41) is 9.89. The van der Waals surface area contributed by atoms with Crippen LogP contribution in [0.2, 0.25) is 0 Å². The molecule has 1 aromatic heterocycles. The van der Waals surface area contributed by atoms with Gasteiger partial charge in [0.15, 0.2) is 0 Å². The largest absolute Gasteiger partial charge is 0.480 e. The van der Waals surface area contributed by atoms with E-state index in [1.807, 2.05) is 0 Å². The van der Waals surface area contributed by atoms with Gasteiger partial charge >= 0.3 is 17.2 Å². The van der Waals surface area contributed by atoms with Gasteiger partial charge in [-0.1, -0.05) is 12.1 Å². The Morgan fingerprint density at radius 2 is 1.52 bits per heavy atom. The van der Waals surface area contributed by atoms with E-state index in [0.717, 1.165) is 0 Å². The standard InChI is InChI=1S/C16H6O7/c17-12-7-4-5-9-11(12)16(21)23-15(20)10-6(7)2-1-3-8(10)13(18)22-14(9)19/h1-5,21H. The molecule has 0 fully saturated rings. The fraction of sp³-hybridized carbons (Fsp3) is 0. The summed E-state index contributed by atoms with van der Waals surface area (Å²) in [6, 6.07) is 6.77. The minimum absolute atomic E-state index is 0.0753. The van der Waals surface area contributed by atoms with Crippen molar-refractivity contribution in [1.29, 1.82) is 0 Å². The number of fused-ring (bicyclic) bond motifs is 3. The van der Waals surface area contributed by atoms with Crippen molar-refractivity contribution in [3.05, 3.63) is 73.8 Å². The summed E-state index contributed by atoms with van der Waals surface area (Å²) in [5.74, 6) is -2.71. The van der Waals surface area contributed by atoms with Gasteiger partial charge in [0.2, 0.25) is 5.78 Å². The molecule has 0 saturated carbocycles. The molecule has 6 bridgehead atoms. The molecule has 4 aliphatic rings. The Bertz CT molecular complexity index is 1120. The molecule has 0 spiro atoms. The van der Waals surface area contributed by atoms with Gasteiger partial charge in [0.25, 0.3) is 5.95 Å². The second kappa shape index (κ2) is 4.26. The molecule has 7 nitrogen and oxygen atoms in total. The molecule has 1 aromatic carbocycles. The molecule has 0 unspecified atom stereocenters. The molecule has 1 aliphatic carbocycles. The van der Waals surface area contributed by atoms with Crippen molar-refractivity contribution in [2.24, 2.45) is 0 Å². The topological polar surface area (TPSA) is 111 Å². The average Bonchev–Trinajstić information content (AvgIpc) is 2.52. The number of aliphatic hydroxyl groups is 1. The number of hydrogen-bond acceptors (Lipinski definition) is 7. The van der Waals surface area contributed by atoms with Crippen molar-refractivity contribution >= 4 is 28.1 Å². The van der Waals surface area contributed by atoms with E-state index in [1.165, 1.54) is 30.3 Å². The lowest BCUT2D eigenvalue weighted by Crippen LogP contribution is -2.24. The summed E-state index contributed by atoms with van der Waals surface area (Å²) in [4.78, 5) is 49.1. The summed E-state index contributed by atoms with van der Waals surface area (Å²) in [6.07, 6.45) is 0. The summed E-state index contributed by atoms with van der Waals surface area (Å²) >= 11 is 0. The highest BCUT2D eigenvalue weighted by Gasteiger charge is 2.33. The second-order valence-corrected chi connectivity index (χ2v) is 4.96. The smallest absolute Gasteiger partial charge is 0.347 e. The highest BCUT2D eigenvalue weighted by Crippen LogP contribution is 2.32. The molecule has 0 atom stereocenters. The van der Waals surface area contributed by atoms with E-state index in [0.29, 0.717) is 0 Å². The van der Waals surface area contributed by atoms with E-state index in [1.54, 1.807) is 0 Å². The van der Waals surface area contributed by atoms with Crippen molar-refractivity contribution in [3.8, 4) is 0 Å². The number of hydrogen-bond donors (Lipinski definition) is 1. The third-order valence-corrected chi connectivity index (χ3v) is 3.74. The zero-order chi connectivity index (χ0) is 16.3. The predicted octanol–water partition coefficient (Wildman–Crippen LogP) is 1.31. The van der Waals surface area contributed by atoms with E-state index in [4.69, 9.17) is 9.15 Å². The summed E-state index contributed by atoms with van der Waals surface area (Å²) in [7, 11) is 0. The lowest BCUT2D eigenvalue weighted by Gasteiger charge is -2.17. The number of benzene rings is 1. The lowest BCUT2D eigenvalue weighted by atomic mass is 9.90. The maximum Gasteiger partial charge on any atom is 0.347 e. The van der Waals surface area contributed by atoms with Gasteiger partial charge < -0.3 is 14.3 Å². The van der Waals surface area contributed by atoms with Crippen LogP contribution in [0.1, 0.15) is 26.3 Å². The SMILES string of the molecule is O=C1C2=C(O)OC(=O)c3c4cccc3c(=O)oc(=O)c2ccc41. The van der Waals surface area contributed by atoms with Crippen molar-refractivity contribution in [3.63, 3.8) is 0 Å². The van der Waals surface area contributed by atoms with Gasteiger partial charge in [0.1, 0.15) is 5.57 Å². The van der Waals surface area contributed by atoms with Crippen LogP contribution in [0, 0.1) is 0 Å². The molecular formula is C16H6O7. The van der Waals surface area contributed by atoms with Crippen LogP contribution in [-0.2, 0) is 4.74 Å². The molecule has 6 rings (SSSR count). The Morgan fingerprint density at radius 3 is 2.30 bits per heavy atom. The first-order chi connectivity index (χ1) is 11.0. The number of carbonyl (C=O) groups excluding carboxylic acids is 2. The Kier molecular flexibility index (Phi) is 2.45. The number of esters is 1. The number of ketones is 1. The monoisotopic (exact) mass is 310 g/mol. The van der Waals surface area contributed by atoms with E-state index >= 15 is 0 Å². The van der Waals surface area contributed by atoms with Crippen LogP contribution in [0.15, 0.2) is 50.3 Å². The molecule has 0 amide bonds. The summed E-state index contributed by atoms with van der Waals surface area (Å²) in [5.41, 5.74) is -3.18. The molecule has 3 aliphatic heterocycles. The number of Topliss-reactive ketones (excluding diaryl/α,β-unsaturated/α-hetero) is 1. The predicted molar refractivity (Wildman–Crippen MR) is 76.9 cm³/mol. The first kappa shape index (κ1) is 13.2. The first-order valence-corrected chi connectivity index (χ1v) is 6.51. The van der Waals surface area contributed by atoms with Crippen LogP contribution in [0.4, 0.5) is 0 Å². The first-order valence-electron chi connectivity index (χ1n) is 6.51. The Labute approximate surface area is 126 Å². The van der Waals surface area contributed by atoms with E-state index in [-0.39, 0.29) is 27.5 Å². The zero-order valence-corrected chi connectivity index (χ0v) is 11.3. The van der Waals surface area contributed by atoms with Gasteiger partial charge in [-0.05, 0) is 18.2 Å². The minimum atomic E-state index is -1.11. The molecule has 7 heteroatoms. The van der Waals surface area contributed by atoms with Gasteiger partial charge in [0.05, 0.1) is 16.5 Å². The number of carbonyl (C=O) groups is 2. The normalized spacial score (nSPS) is 15.0. The quantitative estimate of drug-likeness (QED) is 0.730. The molecule has 1 N–H and O–H groups in total. The Balaban J connectivity index is 2.49. The molecule has 0 saturated heterocycles. The lowest BCUT2D eigenvalue weighted by molar-refractivity contribution is 0.0454. The number of aliphatic hydroxyl groups excluding tert-OH is 1. The van der Waals surface area contributed by atoms with E-state index in [9.17, 15) is 24.3 Å². The Morgan fingerprint density at radius 1 is 0.826 bits per heavy atom. The Hall–Kier alpha value is -3.48. The molecule has 0 radical (unpaired) electrons. The van der Waals surface area contributed by atoms with E-state index < -0.39 is 34.5 Å². The van der Waals surface area contributed by atoms with Crippen molar-refractivity contribution < 1.29 is 23.8 Å². The number of ether oxygens (including phenoxy) is 1. The van der Waals surface area contributed by atoms with Gasteiger partial charge in [-0.25, -0.2) is 14.4 Å². The van der Waals surface area contributed by atoms with Crippen molar-refractivity contribution in [2.45, 2.75) is 0 Å². The highest BCUT2D eigenvalue weighted by molar-refractivity contribution is 6.34. The fourth-order valence-corrected chi connectivity index (χ4v) is 2.73. The maximum atomic E-state index is 12.6. The fourth-order valence-electron chi connectivity index (χ4n) is 2.73. The molecule has 112 valence electrons. The van der Waals surface area contributed by atoms with Crippen LogP contribution in [0.3, 0.4) is 0 Å². The maximum absolute atomic E-state index is 12.6. The summed E-state index contributed by atoms with van der Waals surface area (Å²) < 4.78 is 9.47. The highest BCUT2D eigenvalue weighted by atomic mass is 16.6. The van der Waals surface area contributed by atoms with Crippen LogP contribution < -0.4 is 11.3 Å². The number of allylic oxidation sites excluding steroid dienone is 1. The minimum Gasteiger partial charge on any atom is -0.480 e. The summed E-state index contributed by atoms with van der Waals surface area (Å²) in [6.45, 7) is 0. The van der Waals surface area contributed by atoms with Crippen LogP contribution in [-0.4, -0.2) is 16.9 Å². The van der Waals surface area contributed by atoms with E-state index in [2.05, 4.69) is 0 Å². The number of rotatable bonds is 0. The molecule has 23 heavy (non-hydrogen) atoms. The van der Waals surface area contributed by atoms with Gasteiger partial charge in [-0.15, -0.1) is 0 Å². The van der Waals surface area contributed by atoms with Gasteiger partial charge in [-0.3, -0.25) is 4.79 Å². The van der Waals surface area contributed by atoms with Crippen LogP contribution >= 0.6 is 0 Å². The average molecular weight is 310 g/mol. The third-order valence-electron chi connectivity index (χ3n) is 3.74. The van der Waals surface area contributed by atoms with Gasteiger partial charge in [-0.2, -0.15) is 0 Å². The third kappa shape index (κ3) is 1.64. The molecule has 2 aromatic rings. The zero-order valence-electron chi connectivity index (χ0n) is 11.3. The molecule has 4 heterocycles. The second-order valence-electron chi connectivity index (χ2n) is 4.96. The van der Waals surface area contributed by atoms with Crippen molar-refractivity contribution in [1.82, 2.24) is 0 Å². The van der Waals surface area contributed by atoms with Crippen molar-refractivity contribution in [2.75, 3.05) is 0 Å².